The summed E-state index contributed by atoms with van der Waals surface area (Å²) in [5.74, 6) is -0.207. The van der Waals surface area contributed by atoms with E-state index in [1.54, 1.807) is 13.8 Å². The minimum absolute atomic E-state index is 0.108. The van der Waals surface area contributed by atoms with E-state index in [0.29, 0.717) is 6.61 Å². The molecule has 0 rings (SSSR count). The van der Waals surface area contributed by atoms with Crippen LogP contribution >= 0.6 is 0 Å². The summed E-state index contributed by atoms with van der Waals surface area (Å²) in [6.07, 6.45) is -0.498. The van der Waals surface area contributed by atoms with Crippen molar-refractivity contribution in [2.24, 2.45) is 0 Å². The molecule has 1 amide bonds. The second kappa shape index (κ2) is 5.09. The minimum atomic E-state index is -0.606. The lowest BCUT2D eigenvalue weighted by Gasteiger charge is -2.15. The molecule has 4 nitrogen and oxygen atoms in total. The van der Waals surface area contributed by atoms with Gasteiger partial charge in [-0.2, -0.15) is 0 Å². The number of rotatable bonds is 4. The average molecular weight is 161 g/mol. The van der Waals surface area contributed by atoms with Crippen LogP contribution in [0.1, 0.15) is 20.3 Å². The fourth-order valence-corrected chi connectivity index (χ4v) is 0.647. The lowest BCUT2D eigenvalue weighted by molar-refractivity contribution is -0.178. The molecule has 0 aliphatic carbocycles. The zero-order chi connectivity index (χ0) is 8.85. The van der Waals surface area contributed by atoms with Crippen LogP contribution in [0.3, 0.4) is 0 Å². The van der Waals surface area contributed by atoms with Crippen LogP contribution in [0, 0.1) is 0 Å². The van der Waals surface area contributed by atoms with Crippen molar-refractivity contribution in [3.05, 3.63) is 0 Å². The standard InChI is InChI=1S/C7H15NO3/c1-4-11-8(3)7(10)5-6(2)9/h6,9H,4-5H2,1-3H3. The maximum Gasteiger partial charge on any atom is 0.248 e. The average Bonchev–Trinajstić information content (AvgIpc) is 1.86. The summed E-state index contributed by atoms with van der Waals surface area (Å²) in [7, 11) is 1.54. The molecule has 0 aromatic rings. The second-order valence-electron chi connectivity index (χ2n) is 2.36. The zero-order valence-corrected chi connectivity index (χ0v) is 7.20. The molecule has 0 aliphatic heterocycles. The molecule has 66 valence electrons. The van der Waals surface area contributed by atoms with Crippen LogP contribution in [0.25, 0.3) is 0 Å². The minimum Gasteiger partial charge on any atom is -0.393 e. The molecule has 4 heteroatoms. The monoisotopic (exact) mass is 161 g/mol. The topological polar surface area (TPSA) is 49.8 Å². The van der Waals surface area contributed by atoms with Gasteiger partial charge in [0.2, 0.25) is 5.91 Å². The molecule has 0 heterocycles. The number of hydroxylamine groups is 2. The van der Waals surface area contributed by atoms with Crippen LogP contribution in [-0.2, 0) is 9.63 Å². The number of carbonyl (C=O) groups is 1. The summed E-state index contributed by atoms with van der Waals surface area (Å²) in [6.45, 7) is 3.83. The lowest BCUT2D eigenvalue weighted by atomic mass is 10.3. The highest BCUT2D eigenvalue weighted by atomic mass is 16.7. The van der Waals surface area contributed by atoms with E-state index < -0.39 is 6.10 Å². The molecule has 1 N–H and O–H groups in total. The van der Waals surface area contributed by atoms with Crippen LogP contribution in [0.2, 0.25) is 0 Å². The Hall–Kier alpha value is -0.610. The van der Waals surface area contributed by atoms with E-state index in [1.165, 1.54) is 7.05 Å². The van der Waals surface area contributed by atoms with Gasteiger partial charge in [0.1, 0.15) is 0 Å². The van der Waals surface area contributed by atoms with E-state index in [-0.39, 0.29) is 12.3 Å². The molecule has 0 bridgehead atoms. The predicted molar refractivity (Wildman–Crippen MR) is 40.7 cm³/mol. The first-order valence-electron chi connectivity index (χ1n) is 3.65. The van der Waals surface area contributed by atoms with Gasteiger partial charge in [-0.15, -0.1) is 0 Å². The van der Waals surface area contributed by atoms with Crippen molar-refractivity contribution >= 4 is 5.91 Å². The summed E-state index contributed by atoms with van der Waals surface area (Å²) >= 11 is 0. The van der Waals surface area contributed by atoms with Gasteiger partial charge in [0.15, 0.2) is 0 Å². The van der Waals surface area contributed by atoms with E-state index in [4.69, 9.17) is 9.94 Å². The van der Waals surface area contributed by atoms with Crippen molar-refractivity contribution in [1.82, 2.24) is 5.06 Å². The van der Waals surface area contributed by atoms with E-state index in [9.17, 15) is 4.79 Å². The molecule has 0 aliphatic rings. The molecular formula is C7H15NO3. The molecule has 0 saturated carbocycles. The third-order valence-corrected chi connectivity index (χ3v) is 1.14. The van der Waals surface area contributed by atoms with Gasteiger partial charge in [0, 0.05) is 7.05 Å². The summed E-state index contributed by atoms with van der Waals surface area (Å²) in [6, 6.07) is 0. The maximum atomic E-state index is 11.0. The quantitative estimate of drug-likeness (QED) is 0.598. The molecule has 0 radical (unpaired) electrons. The normalized spacial score (nSPS) is 12.7. The lowest BCUT2D eigenvalue weighted by Crippen LogP contribution is -2.29. The zero-order valence-electron chi connectivity index (χ0n) is 7.20. The Morgan fingerprint density at radius 1 is 1.73 bits per heavy atom. The Kier molecular flexibility index (Phi) is 4.81. The second-order valence-corrected chi connectivity index (χ2v) is 2.36. The molecular weight excluding hydrogens is 146 g/mol. The highest BCUT2D eigenvalue weighted by molar-refractivity contribution is 5.75. The smallest absolute Gasteiger partial charge is 0.248 e. The van der Waals surface area contributed by atoms with E-state index in [0.717, 1.165) is 5.06 Å². The van der Waals surface area contributed by atoms with Gasteiger partial charge in [-0.05, 0) is 13.8 Å². The SMILES string of the molecule is CCON(C)C(=O)CC(C)O. The van der Waals surface area contributed by atoms with Crippen LogP contribution in [0.15, 0.2) is 0 Å². The van der Waals surface area contributed by atoms with Gasteiger partial charge in [-0.1, -0.05) is 0 Å². The van der Waals surface area contributed by atoms with Gasteiger partial charge in [0.05, 0.1) is 19.1 Å². The van der Waals surface area contributed by atoms with Crippen LogP contribution < -0.4 is 0 Å². The number of nitrogens with zero attached hydrogens (tertiary/aromatic N) is 1. The highest BCUT2D eigenvalue weighted by Crippen LogP contribution is 1.95. The van der Waals surface area contributed by atoms with Crippen molar-refractivity contribution in [2.75, 3.05) is 13.7 Å². The largest absolute Gasteiger partial charge is 0.393 e. The Balaban J connectivity index is 3.64. The molecule has 0 fully saturated rings. The molecule has 0 aromatic heterocycles. The summed E-state index contributed by atoms with van der Waals surface area (Å²) in [5.41, 5.74) is 0. The van der Waals surface area contributed by atoms with Crippen molar-refractivity contribution in [1.29, 1.82) is 0 Å². The fraction of sp³-hybridized carbons (Fsp3) is 0.857. The van der Waals surface area contributed by atoms with Crippen LogP contribution in [0.4, 0.5) is 0 Å². The van der Waals surface area contributed by atoms with Gasteiger partial charge >= 0.3 is 0 Å². The number of aliphatic hydroxyl groups is 1. The fourth-order valence-electron chi connectivity index (χ4n) is 0.647. The highest BCUT2D eigenvalue weighted by Gasteiger charge is 2.10. The summed E-state index contributed by atoms with van der Waals surface area (Å²) < 4.78 is 0. The third kappa shape index (κ3) is 4.75. The third-order valence-electron chi connectivity index (χ3n) is 1.14. The summed E-state index contributed by atoms with van der Waals surface area (Å²) in [5, 5.41) is 9.98. The number of amides is 1. The van der Waals surface area contributed by atoms with Crippen LogP contribution in [0.5, 0.6) is 0 Å². The van der Waals surface area contributed by atoms with Crippen molar-refractivity contribution in [2.45, 2.75) is 26.4 Å². The molecule has 0 aromatic carbocycles. The molecule has 1 atom stereocenters. The Labute approximate surface area is 66.7 Å². The van der Waals surface area contributed by atoms with E-state index in [1.807, 2.05) is 0 Å². The van der Waals surface area contributed by atoms with Crippen molar-refractivity contribution in [3.63, 3.8) is 0 Å². The number of carbonyl (C=O) groups excluding carboxylic acids is 1. The maximum absolute atomic E-state index is 11.0. The van der Waals surface area contributed by atoms with Gasteiger partial charge in [-0.3, -0.25) is 9.63 Å². The molecule has 11 heavy (non-hydrogen) atoms. The van der Waals surface area contributed by atoms with Gasteiger partial charge < -0.3 is 5.11 Å². The van der Waals surface area contributed by atoms with Crippen LogP contribution in [-0.4, -0.2) is 35.8 Å². The Morgan fingerprint density at radius 2 is 2.27 bits per heavy atom. The first kappa shape index (κ1) is 10.4. The first-order chi connectivity index (χ1) is 5.07. The van der Waals surface area contributed by atoms with Gasteiger partial charge in [-0.25, -0.2) is 5.06 Å². The molecule has 1 unspecified atom stereocenters. The molecule has 0 saturated heterocycles. The number of hydrogen-bond donors (Lipinski definition) is 1. The Morgan fingerprint density at radius 3 is 2.64 bits per heavy atom. The molecule has 0 spiro atoms. The van der Waals surface area contributed by atoms with E-state index >= 15 is 0 Å². The number of aliphatic hydroxyl groups excluding tert-OH is 1. The predicted octanol–water partition coefficient (Wildman–Crippen LogP) is 0.167. The summed E-state index contributed by atoms with van der Waals surface area (Å²) in [4.78, 5) is 15.9. The Bertz CT molecular complexity index is 125. The number of hydrogen-bond acceptors (Lipinski definition) is 3. The van der Waals surface area contributed by atoms with E-state index in [2.05, 4.69) is 0 Å². The first-order valence-corrected chi connectivity index (χ1v) is 3.65. The van der Waals surface area contributed by atoms with Gasteiger partial charge in [0.25, 0.3) is 0 Å². The van der Waals surface area contributed by atoms with Crippen molar-refractivity contribution in [3.8, 4) is 0 Å². The van der Waals surface area contributed by atoms with Crippen molar-refractivity contribution < 1.29 is 14.7 Å².